The molecule has 0 rings (SSSR count). The Labute approximate surface area is 212 Å². The minimum absolute atomic E-state index is 0. The molecule has 0 heterocycles. The maximum Gasteiger partial charge on any atom is 0.0697 e. The molecule has 0 aliphatic heterocycles. The molecule has 0 aromatic rings. The van der Waals surface area contributed by atoms with Crippen LogP contribution < -0.4 is 0 Å². The third kappa shape index (κ3) is 95.2. The first-order chi connectivity index (χ1) is 16.1. The van der Waals surface area contributed by atoms with Crippen molar-refractivity contribution in [3.63, 3.8) is 0 Å². The highest BCUT2D eigenvalue weighted by Crippen LogP contribution is 2.11. The summed E-state index contributed by atoms with van der Waals surface area (Å²) in [7, 11) is 0. The summed E-state index contributed by atoms with van der Waals surface area (Å²) in [6.07, 6.45) is 15.0. The van der Waals surface area contributed by atoms with E-state index in [9.17, 15) is 0 Å². The van der Waals surface area contributed by atoms with Crippen LogP contribution in [0.3, 0.4) is 0 Å². The highest BCUT2D eigenvalue weighted by atomic mass is 28.1. The molecule has 11 heteroatoms. The van der Waals surface area contributed by atoms with Crippen LogP contribution in [0.5, 0.6) is 0 Å². The second-order valence-corrected chi connectivity index (χ2v) is 6.66. The predicted octanol–water partition coefficient (Wildman–Crippen LogP) is -1.26. The summed E-state index contributed by atoms with van der Waals surface area (Å²) < 4.78 is 5.22. The topological polar surface area (TPSA) is 191 Å². The zero-order chi connectivity index (χ0) is 26.3. The van der Waals surface area contributed by atoms with Gasteiger partial charge in [-0.05, 0) is 17.4 Å². The van der Waals surface area contributed by atoms with Crippen LogP contribution in [-0.2, 0) is 4.74 Å². The second kappa shape index (κ2) is 63.8. The van der Waals surface area contributed by atoms with Gasteiger partial charge in [-0.15, -0.1) is 0 Å². The van der Waals surface area contributed by atoms with Gasteiger partial charge in [0.15, 0.2) is 0 Å². The average Bonchev–Trinajstić information content (AvgIpc) is 2.87. The van der Waals surface area contributed by atoms with Gasteiger partial charge in [0.25, 0.3) is 0 Å². The zero-order valence-electron chi connectivity index (χ0n) is 21.0. The molecule has 0 saturated heterocycles. The Morgan fingerprint density at radius 3 is 0.853 bits per heavy atom. The van der Waals surface area contributed by atoms with Gasteiger partial charge in [0.1, 0.15) is 0 Å². The highest BCUT2D eigenvalue weighted by molar-refractivity contribution is 5.75. The van der Waals surface area contributed by atoms with Crippen LogP contribution in [0, 0.1) is 0 Å². The van der Waals surface area contributed by atoms with E-state index in [0.29, 0.717) is 6.61 Å². The van der Waals surface area contributed by atoms with Gasteiger partial charge in [-0.1, -0.05) is 71.1 Å². The van der Waals surface area contributed by atoms with Gasteiger partial charge in [0.05, 0.1) is 66.1 Å². The number of unbranched alkanes of at least 4 members (excludes halogenated alkanes) is 10. The first-order valence-corrected chi connectivity index (χ1v) is 12.1. The van der Waals surface area contributed by atoms with Crippen molar-refractivity contribution in [3.05, 3.63) is 0 Å². The standard InChI is InChI=1S/C15H32O2.4C2H6O2.H4Si/c1-2-3-4-5-6-7-8-9-10-11-12-14-17-15-13-16;4*3-1-2-4;/h16H,2-15H2,1H3;4*3-4H,1-2H2;1H4. The Morgan fingerprint density at radius 2 is 0.618 bits per heavy atom. The SMILES string of the molecule is CCCCCCCCCCCCCOCCO.OCCO.OCCO.OCCO.OCCO.[SiH4]. The molecular formula is C23H60O10Si. The minimum atomic E-state index is -0.125. The molecule has 216 valence electrons. The summed E-state index contributed by atoms with van der Waals surface area (Å²) in [6.45, 7) is 2.73. The van der Waals surface area contributed by atoms with Crippen molar-refractivity contribution in [3.8, 4) is 0 Å². The number of rotatable bonds is 18. The Kier molecular flexibility index (Phi) is 88.3. The van der Waals surface area contributed by atoms with E-state index in [-0.39, 0.29) is 70.4 Å². The lowest BCUT2D eigenvalue weighted by atomic mass is 10.1. The van der Waals surface area contributed by atoms with Crippen molar-refractivity contribution in [2.45, 2.75) is 77.6 Å². The second-order valence-electron chi connectivity index (χ2n) is 6.66. The minimum Gasteiger partial charge on any atom is -0.394 e. The maximum atomic E-state index is 8.52. The number of hydrogen-bond donors (Lipinski definition) is 9. The van der Waals surface area contributed by atoms with Crippen molar-refractivity contribution in [2.75, 3.05) is 72.7 Å². The molecule has 0 aliphatic carbocycles. The molecule has 0 aromatic heterocycles. The third-order valence-corrected chi connectivity index (χ3v) is 3.53. The molecular weight excluding hydrogens is 464 g/mol. The van der Waals surface area contributed by atoms with Crippen LogP contribution in [0.15, 0.2) is 0 Å². The van der Waals surface area contributed by atoms with E-state index in [1.54, 1.807) is 0 Å². The fraction of sp³-hybridized carbons (Fsp3) is 1.00. The van der Waals surface area contributed by atoms with Gasteiger partial charge in [-0.2, -0.15) is 0 Å². The van der Waals surface area contributed by atoms with Crippen molar-refractivity contribution in [2.24, 2.45) is 0 Å². The Hall–Kier alpha value is -0.183. The van der Waals surface area contributed by atoms with Crippen LogP contribution >= 0.6 is 0 Å². The lowest BCUT2D eigenvalue weighted by Crippen LogP contribution is -2.00. The number of aliphatic hydroxyl groups excluding tert-OH is 9. The summed E-state index contributed by atoms with van der Waals surface area (Å²) in [6, 6.07) is 0. The summed E-state index contributed by atoms with van der Waals surface area (Å²) in [5.74, 6) is 0. The molecule has 0 unspecified atom stereocenters. The van der Waals surface area contributed by atoms with Crippen LogP contribution in [0.4, 0.5) is 0 Å². The van der Waals surface area contributed by atoms with Gasteiger partial charge >= 0.3 is 0 Å². The number of hydrogen-bond acceptors (Lipinski definition) is 10. The van der Waals surface area contributed by atoms with Crippen LogP contribution in [0.1, 0.15) is 77.6 Å². The third-order valence-electron chi connectivity index (χ3n) is 3.53. The van der Waals surface area contributed by atoms with Crippen LogP contribution in [-0.4, -0.2) is 130 Å². The first kappa shape index (κ1) is 47.1. The maximum absolute atomic E-state index is 8.52. The zero-order valence-corrected chi connectivity index (χ0v) is 21.0. The van der Waals surface area contributed by atoms with Crippen molar-refractivity contribution in [1.82, 2.24) is 0 Å². The molecule has 34 heavy (non-hydrogen) atoms. The number of aliphatic hydroxyl groups is 9. The molecule has 0 fully saturated rings. The fourth-order valence-electron chi connectivity index (χ4n) is 2.03. The smallest absolute Gasteiger partial charge is 0.0697 e. The van der Waals surface area contributed by atoms with Gasteiger partial charge in [0, 0.05) is 6.61 Å². The van der Waals surface area contributed by atoms with Crippen LogP contribution in [0.2, 0.25) is 0 Å². The Bertz CT molecular complexity index is 206. The first-order valence-electron chi connectivity index (χ1n) is 12.1. The number of ether oxygens (including phenoxy) is 1. The molecule has 0 atom stereocenters. The Balaban J connectivity index is -0.0000000939. The summed E-state index contributed by atoms with van der Waals surface area (Å²) in [5.41, 5.74) is 0. The van der Waals surface area contributed by atoms with Crippen molar-refractivity contribution >= 4 is 11.0 Å². The molecule has 10 nitrogen and oxygen atoms in total. The molecule has 0 spiro atoms. The monoisotopic (exact) mass is 524 g/mol. The van der Waals surface area contributed by atoms with Gasteiger partial charge < -0.3 is 50.7 Å². The van der Waals surface area contributed by atoms with E-state index in [1.165, 1.54) is 64.2 Å². The summed E-state index contributed by atoms with van der Waals surface area (Å²) in [4.78, 5) is 0. The lowest BCUT2D eigenvalue weighted by molar-refractivity contribution is 0.0895. The van der Waals surface area contributed by atoms with E-state index < -0.39 is 0 Å². The largest absolute Gasteiger partial charge is 0.394 e. The lowest BCUT2D eigenvalue weighted by Gasteiger charge is -2.03. The fourth-order valence-corrected chi connectivity index (χ4v) is 2.03. The Morgan fingerprint density at radius 1 is 0.353 bits per heavy atom. The average molecular weight is 525 g/mol. The molecule has 0 saturated carbocycles. The molecule has 0 bridgehead atoms. The van der Waals surface area contributed by atoms with E-state index >= 15 is 0 Å². The van der Waals surface area contributed by atoms with Gasteiger partial charge in [0.2, 0.25) is 0 Å². The molecule has 0 aromatic carbocycles. The van der Waals surface area contributed by atoms with Gasteiger partial charge in [-0.25, -0.2) is 0 Å². The van der Waals surface area contributed by atoms with Crippen LogP contribution in [0.25, 0.3) is 0 Å². The van der Waals surface area contributed by atoms with E-state index in [2.05, 4.69) is 6.92 Å². The molecule has 0 aliphatic rings. The molecule has 0 amide bonds. The molecule has 9 N–H and O–H groups in total. The van der Waals surface area contributed by atoms with E-state index in [1.807, 2.05) is 0 Å². The summed E-state index contributed by atoms with van der Waals surface area (Å²) in [5, 5.41) is 69.5. The highest BCUT2D eigenvalue weighted by Gasteiger charge is 1.93. The van der Waals surface area contributed by atoms with Crippen molar-refractivity contribution in [1.29, 1.82) is 0 Å². The summed E-state index contributed by atoms with van der Waals surface area (Å²) >= 11 is 0. The van der Waals surface area contributed by atoms with E-state index in [0.717, 1.165) is 13.0 Å². The van der Waals surface area contributed by atoms with Gasteiger partial charge in [-0.3, -0.25) is 0 Å². The van der Waals surface area contributed by atoms with E-state index in [4.69, 9.17) is 50.7 Å². The predicted molar refractivity (Wildman–Crippen MR) is 142 cm³/mol. The normalized spacial score (nSPS) is 9.00. The molecule has 0 radical (unpaired) electrons. The quantitative estimate of drug-likeness (QED) is 0.0772. The van der Waals surface area contributed by atoms with Crippen molar-refractivity contribution < 1.29 is 50.7 Å².